The van der Waals surface area contributed by atoms with Crippen molar-refractivity contribution >= 4 is 36.1 Å². The summed E-state index contributed by atoms with van der Waals surface area (Å²) in [5.74, 6) is 0.952. The van der Waals surface area contributed by atoms with Gasteiger partial charge in [-0.1, -0.05) is 0 Å². The molecule has 0 spiro atoms. The Bertz CT molecular complexity index is 1290. The molecular formula is C23H26Cl2N8. The first-order valence-corrected chi connectivity index (χ1v) is 10.3. The van der Waals surface area contributed by atoms with Crippen LogP contribution in [0.15, 0.2) is 49.2 Å². The number of nitriles is 1. The highest BCUT2D eigenvalue weighted by Gasteiger charge is 2.26. The van der Waals surface area contributed by atoms with Crippen molar-refractivity contribution < 1.29 is 0 Å². The second kappa shape index (κ2) is 9.40. The number of piperidine rings is 1. The molecule has 33 heavy (non-hydrogen) atoms. The van der Waals surface area contributed by atoms with Crippen LogP contribution >= 0.6 is 24.8 Å². The standard InChI is InChI=1S/C23H24N8.2ClH/c1-23(25)5-7-30(8-6-23)21-4-3-16(11-26-21)20-9-17(19-13-27-29(2)14-19)15-31-22(20)18(10-24)12-28-31;;/h3-4,9,11-15H,5-8,25H2,1-2H3;2*1H. The van der Waals surface area contributed by atoms with Gasteiger partial charge in [0.15, 0.2) is 0 Å². The average molecular weight is 485 g/mol. The SMILES string of the molecule is Cl.Cl.Cn1cc(-c2cc(-c3ccc(N4CCC(C)(N)CC4)nc3)c3c(C#N)cnn3c2)cn1. The molecule has 4 aromatic rings. The minimum Gasteiger partial charge on any atom is -0.356 e. The molecule has 0 bridgehead atoms. The molecule has 0 atom stereocenters. The van der Waals surface area contributed by atoms with Gasteiger partial charge in [-0.05, 0) is 38.0 Å². The number of aromatic nitrogens is 5. The fraction of sp³-hybridized carbons (Fsp3) is 0.304. The number of fused-ring (bicyclic) bond motifs is 1. The first-order chi connectivity index (χ1) is 14.9. The van der Waals surface area contributed by atoms with Gasteiger partial charge < -0.3 is 10.6 Å². The lowest BCUT2D eigenvalue weighted by Crippen LogP contribution is -2.48. The van der Waals surface area contributed by atoms with Gasteiger partial charge in [0.25, 0.3) is 0 Å². The van der Waals surface area contributed by atoms with Crippen LogP contribution in [0.2, 0.25) is 0 Å². The summed E-state index contributed by atoms with van der Waals surface area (Å²) in [7, 11) is 1.89. The highest BCUT2D eigenvalue weighted by molar-refractivity contribution is 5.87. The lowest BCUT2D eigenvalue weighted by molar-refractivity contribution is 0.363. The first kappa shape index (κ1) is 24.5. The minimum atomic E-state index is -0.0928. The number of rotatable bonds is 3. The molecule has 0 saturated carbocycles. The Morgan fingerprint density at radius 2 is 1.76 bits per heavy atom. The van der Waals surface area contributed by atoms with Crippen molar-refractivity contribution in [3.8, 4) is 28.3 Å². The Labute approximate surface area is 204 Å². The largest absolute Gasteiger partial charge is 0.356 e. The monoisotopic (exact) mass is 484 g/mol. The van der Waals surface area contributed by atoms with Gasteiger partial charge in [-0.3, -0.25) is 4.68 Å². The molecule has 0 aromatic carbocycles. The Hall–Kier alpha value is -3.12. The van der Waals surface area contributed by atoms with Crippen LogP contribution in [-0.4, -0.2) is 43.0 Å². The molecule has 10 heteroatoms. The minimum absolute atomic E-state index is 0. The van der Waals surface area contributed by atoms with E-state index in [-0.39, 0.29) is 30.4 Å². The number of nitrogens with zero attached hydrogens (tertiary/aromatic N) is 7. The maximum atomic E-state index is 9.59. The molecule has 0 radical (unpaired) electrons. The van der Waals surface area contributed by atoms with E-state index in [4.69, 9.17) is 10.7 Å². The van der Waals surface area contributed by atoms with E-state index >= 15 is 0 Å². The maximum absolute atomic E-state index is 9.59. The number of hydrogen-bond acceptors (Lipinski definition) is 6. The van der Waals surface area contributed by atoms with E-state index in [1.165, 1.54) is 0 Å². The van der Waals surface area contributed by atoms with Gasteiger partial charge in [0.2, 0.25) is 0 Å². The predicted octanol–water partition coefficient (Wildman–Crippen LogP) is 3.83. The quantitative estimate of drug-likeness (QED) is 0.474. The zero-order chi connectivity index (χ0) is 21.6. The Kier molecular flexibility index (Phi) is 6.98. The van der Waals surface area contributed by atoms with Crippen LogP contribution in [0.5, 0.6) is 0 Å². The molecule has 0 amide bonds. The number of aryl methyl sites for hydroxylation is 1. The number of nitrogens with two attached hydrogens (primary N) is 1. The molecule has 1 saturated heterocycles. The van der Waals surface area contributed by atoms with E-state index in [0.717, 1.165) is 59.5 Å². The van der Waals surface area contributed by atoms with Crippen molar-refractivity contribution in [1.82, 2.24) is 24.4 Å². The maximum Gasteiger partial charge on any atom is 0.128 e. The van der Waals surface area contributed by atoms with Crippen LogP contribution in [-0.2, 0) is 7.05 Å². The smallest absolute Gasteiger partial charge is 0.128 e. The third-order valence-electron chi connectivity index (χ3n) is 6.06. The van der Waals surface area contributed by atoms with Gasteiger partial charge in [0, 0.05) is 66.5 Å². The number of pyridine rings is 2. The van der Waals surface area contributed by atoms with Gasteiger partial charge in [0.1, 0.15) is 11.9 Å². The summed E-state index contributed by atoms with van der Waals surface area (Å²) in [4.78, 5) is 7.01. The molecule has 4 aromatic heterocycles. The second-order valence-electron chi connectivity index (χ2n) is 8.55. The Morgan fingerprint density at radius 1 is 1.00 bits per heavy atom. The van der Waals surface area contributed by atoms with Gasteiger partial charge in [0.05, 0.1) is 23.5 Å². The molecular weight excluding hydrogens is 459 g/mol. The third kappa shape index (κ3) is 4.67. The van der Waals surface area contributed by atoms with E-state index in [9.17, 15) is 5.26 Å². The highest BCUT2D eigenvalue weighted by Crippen LogP contribution is 2.32. The van der Waals surface area contributed by atoms with Crippen LogP contribution < -0.4 is 10.6 Å². The molecule has 0 unspecified atom stereocenters. The van der Waals surface area contributed by atoms with Crippen molar-refractivity contribution in [3.63, 3.8) is 0 Å². The number of halogens is 2. The zero-order valence-electron chi connectivity index (χ0n) is 18.5. The van der Waals surface area contributed by atoms with Crippen molar-refractivity contribution in [1.29, 1.82) is 5.26 Å². The van der Waals surface area contributed by atoms with Gasteiger partial charge in [-0.25, -0.2) is 9.50 Å². The highest BCUT2D eigenvalue weighted by atomic mass is 35.5. The molecule has 2 N–H and O–H groups in total. The second-order valence-corrected chi connectivity index (χ2v) is 8.55. The van der Waals surface area contributed by atoms with E-state index in [2.05, 4.69) is 40.2 Å². The molecule has 1 aliphatic heterocycles. The van der Waals surface area contributed by atoms with E-state index in [1.54, 1.807) is 15.4 Å². The summed E-state index contributed by atoms with van der Waals surface area (Å²) in [5, 5.41) is 18.3. The molecule has 172 valence electrons. The fourth-order valence-electron chi connectivity index (χ4n) is 4.13. The average Bonchev–Trinajstić information content (AvgIpc) is 3.39. The summed E-state index contributed by atoms with van der Waals surface area (Å²) in [6.07, 6.45) is 11.1. The molecule has 5 heterocycles. The summed E-state index contributed by atoms with van der Waals surface area (Å²) in [6.45, 7) is 3.92. The van der Waals surface area contributed by atoms with Crippen molar-refractivity contribution in [2.75, 3.05) is 18.0 Å². The summed E-state index contributed by atoms with van der Waals surface area (Å²) in [6, 6.07) is 8.44. The summed E-state index contributed by atoms with van der Waals surface area (Å²) in [5.41, 5.74) is 11.3. The Balaban J connectivity index is 0.00000153. The zero-order valence-corrected chi connectivity index (χ0v) is 20.1. The molecule has 5 rings (SSSR count). The van der Waals surface area contributed by atoms with Crippen LogP contribution in [0, 0.1) is 11.3 Å². The molecule has 1 fully saturated rings. The van der Waals surface area contributed by atoms with Gasteiger partial charge in [-0.2, -0.15) is 15.5 Å². The van der Waals surface area contributed by atoms with Crippen molar-refractivity contribution in [3.05, 3.63) is 54.7 Å². The number of anilines is 1. The Morgan fingerprint density at radius 3 is 2.36 bits per heavy atom. The molecule has 1 aliphatic rings. The summed E-state index contributed by atoms with van der Waals surface area (Å²) >= 11 is 0. The lowest BCUT2D eigenvalue weighted by atomic mass is 9.91. The lowest BCUT2D eigenvalue weighted by Gasteiger charge is -2.37. The predicted molar refractivity (Wildman–Crippen MR) is 134 cm³/mol. The van der Waals surface area contributed by atoms with Crippen molar-refractivity contribution in [2.45, 2.75) is 25.3 Å². The van der Waals surface area contributed by atoms with Crippen LogP contribution in [0.25, 0.3) is 27.8 Å². The van der Waals surface area contributed by atoms with E-state index in [1.807, 2.05) is 37.9 Å². The third-order valence-corrected chi connectivity index (χ3v) is 6.06. The normalized spacial score (nSPS) is 14.9. The van der Waals surface area contributed by atoms with Crippen molar-refractivity contribution in [2.24, 2.45) is 12.8 Å². The molecule has 0 aliphatic carbocycles. The van der Waals surface area contributed by atoms with Gasteiger partial charge in [-0.15, -0.1) is 24.8 Å². The topological polar surface area (TPSA) is 101 Å². The fourth-order valence-corrected chi connectivity index (χ4v) is 4.13. The summed E-state index contributed by atoms with van der Waals surface area (Å²) < 4.78 is 3.53. The molecule has 8 nitrogen and oxygen atoms in total. The van der Waals surface area contributed by atoms with Crippen LogP contribution in [0.1, 0.15) is 25.3 Å². The van der Waals surface area contributed by atoms with Gasteiger partial charge >= 0.3 is 0 Å². The number of hydrogen-bond donors (Lipinski definition) is 1. The first-order valence-electron chi connectivity index (χ1n) is 10.3. The van der Waals surface area contributed by atoms with Crippen LogP contribution in [0.4, 0.5) is 5.82 Å². The van der Waals surface area contributed by atoms with E-state index in [0.29, 0.717) is 5.56 Å². The van der Waals surface area contributed by atoms with Crippen LogP contribution in [0.3, 0.4) is 0 Å². The van der Waals surface area contributed by atoms with E-state index < -0.39 is 0 Å².